The van der Waals surface area contributed by atoms with Gasteiger partial charge in [0.25, 0.3) is 5.91 Å². The second kappa shape index (κ2) is 8.09. The van der Waals surface area contributed by atoms with Gasteiger partial charge in [0.1, 0.15) is 0 Å². The summed E-state index contributed by atoms with van der Waals surface area (Å²) < 4.78 is 0. The van der Waals surface area contributed by atoms with Crippen LogP contribution in [0.3, 0.4) is 0 Å². The van der Waals surface area contributed by atoms with E-state index < -0.39 is 17.7 Å². The summed E-state index contributed by atoms with van der Waals surface area (Å²) in [5.41, 5.74) is 0.993. The quantitative estimate of drug-likeness (QED) is 0.706. The molecule has 0 saturated heterocycles. The molecule has 0 bridgehead atoms. The minimum absolute atomic E-state index is 0.0436. The maximum Gasteiger partial charge on any atom is 0.303 e. The molecule has 0 aromatic heterocycles. The molecule has 0 aliphatic carbocycles. The second-order valence-electron chi connectivity index (χ2n) is 4.57. The summed E-state index contributed by atoms with van der Waals surface area (Å²) in [5.74, 6) is -2.05. The molecule has 5 heteroatoms. The van der Waals surface area contributed by atoms with Gasteiger partial charge in [0.15, 0.2) is 0 Å². The maximum atomic E-state index is 11.6. The third-order valence-corrected chi connectivity index (χ3v) is 2.94. The molecule has 5 nitrogen and oxygen atoms in total. The van der Waals surface area contributed by atoms with Crippen molar-refractivity contribution in [2.75, 3.05) is 0 Å². The normalized spacial score (nSPS) is 11.7. The first-order valence-corrected chi connectivity index (χ1v) is 6.62. The number of hydrogen-bond acceptors (Lipinski definition) is 3. The highest BCUT2D eigenvalue weighted by molar-refractivity contribution is 6.36. The molecule has 108 valence electrons. The molecule has 0 heterocycles. The molecule has 20 heavy (non-hydrogen) atoms. The zero-order valence-electron chi connectivity index (χ0n) is 11.5. The van der Waals surface area contributed by atoms with Crippen LogP contribution in [0.15, 0.2) is 30.3 Å². The standard InChI is InChI=1S/C15H19NO4/c1-2-13(17)15(20)16-12(8-9-14(18)19)10-11-6-4-3-5-7-11/h3-7,12H,2,8-10H2,1H3,(H,16,20)(H,18,19)/t12-/m1/s1. The van der Waals surface area contributed by atoms with Crippen LogP contribution in [-0.2, 0) is 20.8 Å². The van der Waals surface area contributed by atoms with Crippen LogP contribution in [0.2, 0.25) is 0 Å². The van der Waals surface area contributed by atoms with Crippen molar-refractivity contribution >= 4 is 17.7 Å². The third kappa shape index (κ3) is 5.65. The molecule has 0 aliphatic heterocycles. The Bertz CT molecular complexity index is 470. The SMILES string of the molecule is CCC(=O)C(=O)N[C@H](CCC(=O)O)Cc1ccccc1. The zero-order chi connectivity index (χ0) is 15.0. The lowest BCUT2D eigenvalue weighted by Gasteiger charge is -2.17. The number of aliphatic carboxylic acids is 1. The van der Waals surface area contributed by atoms with Crippen LogP contribution in [0.1, 0.15) is 31.7 Å². The average Bonchev–Trinajstić information content (AvgIpc) is 2.44. The number of carboxylic acids is 1. The first kappa shape index (κ1) is 15.9. The van der Waals surface area contributed by atoms with Gasteiger partial charge in [-0.2, -0.15) is 0 Å². The molecular weight excluding hydrogens is 258 g/mol. The van der Waals surface area contributed by atoms with E-state index in [1.807, 2.05) is 30.3 Å². The Morgan fingerprint density at radius 1 is 1.20 bits per heavy atom. The molecule has 1 aromatic rings. The van der Waals surface area contributed by atoms with Crippen LogP contribution >= 0.6 is 0 Å². The number of benzene rings is 1. The number of ketones is 1. The smallest absolute Gasteiger partial charge is 0.303 e. The van der Waals surface area contributed by atoms with E-state index in [4.69, 9.17) is 5.11 Å². The van der Waals surface area contributed by atoms with Gasteiger partial charge in [0.2, 0.25) is 5.78 Å². The molecule has 0 radical (unpaired) electrons. The number of Topliss-reactive ketones (excluding diaryl/α,β-unsaturated/α-hetero) is 1. The topological polar surface area (TPSA) is 83.5 Å². The van der Waals surface area contributed by atoms with Crippen molar-refractivity contribution in [1.82, 2.24) is 5.32 Å². The average molecular weight is 277 g/mol. The fourth-order valence-electron chi connectivity index (χ4n) is 1.85. The molecule has 1 atom stereocenters. The van der Waals surface area contributed by atoms with E-state index in [0.29, 0.717) is 12.8 Å². The molecule has 1 amide bonds. The van der Waals surface area contributed by atoms with Gasteiger partial charge in [-0.05, 0) is 18.4 Å². The highest BCUT2D eigenvalue weighted by atomic mass is 16.4. The Morgan fingerprint density at radius 2 is 1.85 bits per heavy atom. The van der Waals surface area contributed by atoms with E-state index in [1.54, 1.807) is 6.92 Å². The monoisotopic (exact) mass is 277 g/mol. The van der Waals surface area contributed by atoms with Gasteiger partial charge in [-0.1, -0.05) is 37.3 Å². The fraction of sp³-hybridized carbons (Fsp3) is 0.400. The number of carbonyl (C=O) groups is 3. The first-order chi connectivity index (χ1) is 9.52. The summed E-state index contributed by atoms with van der Waals surface area (Å²) in [6.45, 7) is 1.62. The van der Waals surface area contributed by atoms with Crippen LogP contribution in [-0.4, -0.2) is 28.8 Å². The Morgan fingerprint density at radius 3 is 2.40 bits per heavy atom. The zero-order valence-corrected chi connectivity index (χ0v) is 11.5. The van der Waals surface area contributed by atoms with Crippen LogP contribution in [0.5, 0.6) is 0 Å². The van der Waals surface area contributed by atoms with E-state index in [0.717, 1.165) is 5.56 Å². The summed E-state index contributed by atoms with van der Waals surface area (Å²) in [4.78, 5) is 33.6. The van der Waals surface area contributed by atoms with Crippen LogP contribution in [0.4, 0.5) is 0 Å². The van der Waals surface area contributed by atoms with Gasteiger partial charge in [-0.25, -0.2) is 0 Å². The van der Waals surface area contributed by atoms with Crippen molar-refractivity contribution in [2.45, 2.75) is 38.6 Å². The van der Waals surface area contributed by atoms with E-state index in [-0.39, 0.29) is 18.9 Å². The Kier molecular flexibility index (Phi) is 6.43. The number of hydrogen-bond donors (Lipinski definition) is 2. The van der Waals surface area contributed by atoms with E-state index >= 15 is 0 Å². The van der Waals surface area contributed by atoms with E-state index in [9.17, 15) is 14.4 Å². The summed E-state index contributed by atoms with van der Waals surface area (Å²) in [7, 11) is 0. The lowest BCUT2D eigenvalue weighted by atomic mass is 10.0. The highest BCUT2D eigenvalue weighted by Gasteiger charge is 2.18. The van der Waals surface area contributed by atoms with Crippen molar-refractivity contribution in [1.29, 1.82) is 0 Å². The summed E-state index contributed by atoms with van der Waals surface area (Å²) >= 11 is 0. The van der Waals surface area contributed by atoms with Gasteiger partial charge in [0, 0.05) is 18.9 Å². The molecule has 0 saturated carbocycles. The maximum absolute atomic E-state index is 11.6. The predicted molar refractivity (Wildman–Crippen MR) is 74.2 cm³/mol. The Balaban J connectivity index is 2.67. The minimum atomic E-state index is -0.917. The van der Waals surface area contributed by atoms with Gasteiger partial charge in [-0.15, -0.1) is 0 Å². The fourth-order valence-corrected chi connectivity index (χ4v) is 1.85. The van der Waals surface area contributed by atoms with Crippen LogP contribution < -0.4 is 5.32 Å². The van der Waals surface area contributed by atoms with Crippen molar-refractivity contribution in [3.63, 3.8) is 0 Å². The number of amides is 1. The van der Waals surface area contributed by atoms with E-state index in [2.05, 4.69) is 5.32 Å². The Hall–Kier alpha value is -2.17. The summed E-state index contributed by atoms with van der Waals surface area (Å²) in [6.07, 6.45) is 0.907. The van der Waals surface area contributed by atoms with Gasteiger partial charge in [-0.3, -0.25) is 14.4 Å². The second-order valence-corrected chi connectivity index (χ2v) is 4.57. The molecule has 1 rings (SSSR count). The molecule has 2 N–H and O–H groups in total. The molecule has 0 spiro atoms. The van der Waals surface area contributed by atoms with Crippen molar-refractivity contribution in [2.24, 2.45) is 0 Å². The lowest BCUT2D eigenvalue weighted by Crippen LogP contribution is -2.40. The van der Waals surface area contributed by atoms with Gasteiger partial charge >= 0.3 is 5.97 Å². The van der Waals surface area contributed by atoms with E-state index in [1.165, 1.54) is 0 Å². The van der Waals surface area contributed by atoms with Crippen molar-refractivity contribution in [3.05, 3.63) is 35.9 Å². The molecular formula is C15H19NO4. The number of rotatable bonds is 8. The number of carbonyl (C=O) groups excluding carboxylic acids is 2. The largest absolute Gasteiger partial charge is 0.481 e. The highest BCUT2D eigenvalue weighted by Crippen LogP contribution is 2.08. The summed E-state index contributed by atoms with van der Waals surface area (Å²) in [5, 5.41) is 11.4. The predicted octanol–water partition coefficient (Wildman–Crippen LogP) is 1.56. The summed E-state index contributed by atoms with van der Waals surface area (Å²) in [6, 6.07) is 9.10. The van der Waals surface area contributed by atoms with Crippen molar-refractivity contribution < 1.29 is 19.5 Å². The van der Waals surface area contributed by atoms with Gasteiger partial charge < -0.3 is 10.4 Å². The molecule has 1 aromatic carbocycles. The van der Waals surface area contributed by atoms with Crippen LogP contribution in [0, 0.1) is 0 Å². The molecule has 0 unspecified atom stereocenters. The number of nitrogens with one attached hydrogen (secondary N) is 1. The third-order valence-electron chi connectivity index (χ3n) is 2.94. The minimum Gasteiger partial charge on any atom is -0.481 e. The lowest BCUT2D eigenvalue weighted by molar-refractivity contribution is -0.139. The molecule has 0 fully saturated rings. The van der Waals surface area contributed by atoms with Crippen molar-refractivity contribution in [3.8, 4) is 0 Å². The first-order valence-electron chi connectivity index (χ1n) is 6.62. The Labute approximate surface area is 118 Å². The van der Waals surface area contributed by atoms with Gasteiger partial charge in [0.05, 0.1) is 0 Å². The number of carboxylic acid groups (broad SMARTS) is 1. The van der Waals surface area contributed by atoms with Crippen LogP contribution in [0.25, 0.3) is 0 Å². The molecule has 0 aliphatic rings.